The smallest absolute Gasteiger partial charge is 0.338 e. The van der Waals surface area contributed by atoms with Crippen molar-refractivity contribution in [3.63, 3.8) is 0 Å². The molecule has 5 fully saturated rings. The van der Waals surface area contributed by atoms with Gasteiger partial charge in [0.2, 0.25) is 0 Å². The van der Waals surface area contributed by atoms with Crippen LogP contribution in [-0.4, -0.2) is 93.7 Å². The van der Waals surface area contributed by atoms with Gasteiger partial charge in [-0.1, -0.05) is 31.2 Å². The molecule has 212 valence electrons. The molecule has 3 saturated carbocycles. The Bertz CT molecular complexity index is 1140. The van der Waals surface area contributed by atoms with E-state index in [0.29, 0.717) is 12.2 Å². The Morgan fingerprint density at radius 3 is 2.64 bits per heavy atom. The van der Waals surface area contributed by atoms with Crippen LogP contribution in [0.25, 0.3) is 0 Å². The minimum absolute atomic E-state index is 0.00227. The Morgan fingerprint density at radius 2 is 1.95 bits per heavy atom. The maximum atomic E-state index is 13.4. The van der Waals surface area contributed by atoms with Gasteiger partial charge in [-0.2, -0.15) is 0 Å². The molecular formula is C31H41NO7. The number of carbonyl (C=O) groups excluding carboxylic acids is 1. The third-order valence-electron chi connectivity index (χ3n) is 11.4. The highest BCUT2D eigenvalue weighted by Gasteiger charge is 2.79. The summed E-state index contributed by atoms with van der Waals surface area (Å²) >= 11 is 0. The van der Waals surface area contributed by atoms with E-state index in [4.69, 9.17) is 23.7 Å². The zero-order valence-electron chi connectivity index (χ0n) is 23.3. The summed E-state index contributed by atoms with van der Waals surface area (Å²) in [5.41, 5.74) is 1.06. The Hall–Kier alpha value is -1.81. The fraction of sp³-hybridized carbons (Fsp3) is 0.710. The van der Waals surface area contributed by atoms with Gasteiger partial charge in [-0.25, -0.2) is 4.79 Å². The first kappa shape index (κ1) is 26.1. The number of rotatable bonds is 7. The average molecular weight is 540 g/mol. The molecule has 8 heteroatoms. The summed E-state index contributed by atoms with van der Waals surface area (Å²) in [5.74, 6) is -0.261. The fourth-order valence-electron chi connectivity index (χ4n) is 10.4. The van der Waals surface area contributed by atoms with Crippen molar-refractivity contribution in [1.29, 1.82) is 0 Å². The Labute approximate surface area is 230 Å². The van der Waals surface area contributed by atoms with Crippen LogP contribution in [0.4, 0.5) is 0 Å². The predicted octanol–water partition coefficient (Wildman–Crippen LogP) is 2.90. The maximum Gasteiger partial charge on any atom is 0.338 e. The average Bonchev–Trinajstić information content (AvgIpc) is 3.33. The maximum absolute atomic E-state index is 13.4. The molecule has 1 aromatic carbocycles. The lowest BCUT2D eigenvalue weighted by molar-refractivity contribution is -0.246. The van der Waals surface area contributed by atoms with Gasteiger partial charge >= 0.3 is 5.97 Å². The second kappa shape index (κ2) is 9.36. The van der Waals surface area contributed by atoms with E-state index >= 15 is 0 Å². The summed E-state index contributed by atoms with van der Waals surface area (Å²) in [6.45, 7) is 4.68. The van der Waals surface area contributed by atoms with Crippen LogP contribution in [0.2, 0.25) is 0 Å². The summed E-state index contributed by atoms with van der Waals surface area (Å²) in [6.07, 6.45) is 3.05. The molecule has 1 N–H and O–H groups in total. The lowest BCUT2D eigenvalue weighted by Gasteiger charge is -2.64. The number of nitrogens with zero attached hydrogens (tertiary/aromatic N) is 1. The van der Waals surface area contributed by atoms with Gasteiger partial charge in [0.05, 0.1) is 30.5 Å². The molecule has 6 aliphatic rings. The Balaban J connectivity index is 1.39. The summed E-state index contributed by atoms with van der Waals surface area (Å²) in [4.78, 5) is 15.9. The van der Waals surface area contributed by atoms with Crippen molar-refractivity contribution in [2.75, 3.05) is 41.0 Å². The molecule has 0 radical (unpaired) electrons. The van der Waals surface area contributed by atoms with Gasteiger partial charge in [-0.05, 0) is 49.4 Å². The summed E-state index contributed by atoms with van der Waals surface area (Å²) in [7, 11) is 5.29. The van der Waals surface area contributed by atoms with Crippen LogP contribution < -0.4 is 0 Å². The molecule has 8 nitrogen and oxygen atoms in total. The number of hydrogen-bond donors (Lipinski definition) is 1. The van der Waals surface area contributed by atoms with E-state index < -0.39 is 12.2 Å². The van der Waals surface area contributed by atoms with Crippen molar-refractivity contribution in [2.24, 2.45) is 34.5 Å². The van der Waals surface area contributed by atoms with Gasteiger partial charge in [0, 0.05) is 56.5 Å². The highest BCUT2D eigenvalue weighted by molar-refractivity contribution is 5.89. The second-order valence-corrected chi connectivity index (χ2v) is 12.6. The van der Waals surface area contributed by atoms with Crippen LogP contribution in [0.15, 0.2) is 42.0 Å². The number of piperidine rings is 1. The van der Waals surface area contributed by atoms with Gasteiger partial charge < -0.3 is 28.8 Å². The minimum Gasteiger partial charge on any atom is -0.458 e. The largest absolute Gasteiger partial charge is 0.458 e. The minimum atomic E-state index is -0.762. The molecule has 4 aliphatic carbocycles. The van der Waals surface area contributed by atoms with Crippen molar-refractivity contribution in [3.8, 4) is 0 Å². The molecule has 2 unspecified atom stereocenters. The van der Waals surface area contributed by atoms with Gasteiger partial charge in [0.25, 0.3) is 0 Å². The monoisotopic (exact) mass is 539 g/mol. The third-order valence-corrected chi connectivity index (χ3v) is 11.4. The van der Waals surface area contributed by atoms with Gasteiger partial charge in [-0.3, -0.25) is 4.90 Å². The number of benzene rings is 1. The highest BCUT2D eigenvalue weighted by atomic mass is 16.6. The number of likely N-dealkylation sites (tertiary alicyclic amines) is 1. The fourth-order valence-corrected chi connectivity index (χ4v) is 10.4. The van der Waals surface area contributed by atoms with E-state index in [-0.39, 0.29) is 65.0 Å². The summed E-state index contributed by atoms with van der Waals surface area (Å²) in [6, 6.07) is 9.19. The van der Waals surface area contributed by atoms with Gasteiger partial charge in [0.1, 0.15) is 18.4 Å². The van der Waals surface area contributed by atoms with Crippen LogP contribution in [0.1, 0.15) is 36.5 Å². The SMILES string of the molecule is CCN1C[C@]2(COC)CC[C@H](OC)[C@]34C2C(C=C2[C@H]5[C@@H](OC(=O)c6ccccc6)[C@H](C[C@H]53)[C@@H](OC)[C@@H]2O)O[C@@H]14. The van der Waals surface area contributed by atoms with E-state index in [0.717, 1.165) is 37.9 Å². The van der Waals surface area contributed by atoms with Crippen LogP contribution in [0.3, 0.4) is 0 Å². The standard InChI is InChI=1S/C31H41NO7/c1-5-32-15-30(16-35-2)12-11-22(36-3)31-20-13-19-25(39-28(34)17-9-7-6-8-10-17)23(20)18(24(33)26(19)37-4)14-21(27(30)31)38-29(31)32/h6-10,14,19-27,29,33H,5,11-13,15-16H2,1-4H3/t19-,20+,21?,22-,23+,24+,25-,26+,27?,29+,30-,31-/m0/s1. The Kier molecular flexibility index (Phi) is 6.27. The van der Waals surface area contributed by atoms with Crippen LogP contribution in [-0.2, 0) is 23.7 Å². The molecule has 2 aliphatic heterocycles. The molecule has 2 heterocycles. The number of hydrogen-bond acceptors (Lipinski definition) is 8. The van der Waals surface area contributed by atoms with E-state index in [9.17, 15) is 9.90 Å². The third kappa shape index (κ3) is 3.30. The quantitative estimate of drug-likeness (QED) is 0.418. The van der Waals surface area contributed by atoms with Crippen molar-refractivity contribution in [3.05, 3.63) is 47.5 Å². The van der Waals surface area contributed by atoms with Gasteiger partial charge in [-0.15, -0.1) is 0 Å². The number of esters is 1. The van der Waals surface area contributed by atoms with Crippen LogP contribution in [0.5, 0.6) is 0 Å². The molecule has 7 bridgehead atoms. The number of aliphatic hydroxyl groups excluding tert-OH is 1. The first-order valence-electron chi connectivity index (χ1n) is 14.5. The summed E-state index contributed by atoms with van der Waals surface area (Å²) in [5, 5.41) is 11.7. The lowest BCUT2D eigenvalue weighted by Crippen LogP contribution is -2.71. The molecule has 1 aromatic rings. The molecule has 12 atom stereocenters. The number of carbonyl (C=O) groups is 1. The first-order chi connectivity index (χ1) is 18.9. The van der Waals surface area contributed by atoms with Crippen LogP contribution >= 0.6 is 0 Å². The Morgan fingerprint density at radius 1 is 1.15 bits per heavy atom. The first-order valence-corrected chi connectivity index (χ1v) is 14.5. The van der Waals surface area contributed by atoms with Crippen LogP contribution in [0, 0.1) is 34.5 Å². The molecule has 7 rings (SSSR count). The highest BCUT2D eigenvalue weighted by Crippen LogP contribution is 2.73. The number of methoxy groups -OCH3 is 3. The van der Waals surface area contributed by atoms with Gasteiger partial charge in [0.15, 0.2) is 0 Å². The number of aliphatic hydroxyl groups is 1. The lowest BCUT2D eigenvalue weighted by atomic mass is 9.46. The molecule has 39 heavy (non-hydrogen) atoms. The molecule has 2 saturated heterocycles. The molecule has 0 amide bonds. The zero-order chi connectivity index (χ0) is 27.1. The molecular weight excluding hydrogens is 498 g/mol. The molecule has 0 spiro atoms. The number of ether oxygens (including phenoxy) is 5. The van der Waals surface area contributed by atoms with E-state index in [1.54, 1.807) is 26.4 Å². The van der Waals surface area contributed by atoms with Crippen molar-refractivity contribution >= 4 is 5.97 Å². The van der Waals surface area contributed by atoms with Crippen molar-refractivity contribution in [1.82, 2.24) is 4.90 Å². The normalized spacial score (nSPS) is 47.5. The number of fused-ring (bicyclic) bond motifs is 1. The van der Waals surface area contributed by atoms with Crippen molar-refractivity contribution < 1.29 is 33.6 Å². The molecule has 0 aromatic heterocycles. The van der Waals surface area contributed by atoms with Crippen molar-refractivity contribution in [2.45, 2.75) is 62.9 Å². The van der Waals surface area contributed by atoms with E-state index in [1.807, 2.05) is 25.3 Å². The van der Waals surface area contributed by atoms with E-state index in [1.165, 1.54) is 0 Å². The summed E-state index contributed by atoms with van der Waals surface area (Å²) < 4.78 is 31.7. The predicted molar refractivity (Wildman–Crippen MR) is 142 cm³/mol. The second-order valence-electron chi connectivity index (χ2n) is 12.6. The van der Waals surface area contributed by atoms with E-state index in [2.05, 4.69) is 17.9 Å². The topological polar surface area (TPSA) is 86.7 Å². The zero-order valence-corrected chi connectivity index (χ0v) is 23.3.